The second-order valence-corrected chi connectivity index (χ2v) is 3.97. The SMILES string of the molecule is COCCN(CCC#N)C(=O)c1ccc(N)c(O)c1. The molecule has 1 aromatic carbocycles. The van der Waals surface area contributed by atoms with Gasteiger partial charge in [-0.3, -0.25) is 4.79 Å². The van der Waals surface area contributed by atoms with Crippen molar-refractivity contribution in [2.75, 3.05) is 32.5 Å². The summed E-state index contributed by atoms with van der Waals surface area (Å²) in [4.78, 5) is 13.7. The molecule has 0 bridgehead atoms. The van der Waals surface area contributed by atoms with Crippen LogP contribution >= 0.6 is 0 Å². The number of nitrogen functional groups attached to an aromatic ring is 1. The van der Waals surface area contributed by atoms with Gasteiger partial charge in [-0.2, -0.15) is 5.26 Å². The molecule has 0 aliphatic heterocycles. The minimum absolute atomic E-state index is 0.127. The molecule has 0 fully saturated rings. The Morgan fingerprint density at radius 2 is 2.26 bits per heavy atom. The molecule has 6 heteroatoms. The zero-order valence-corrected chi connectivity index (χ0v) is 10.8. The fourth-order valence-corrected chi connectivity index (χ4v) is 1.56. The summed E-state index contributed by atoms with van der Waals surface area (Å²) < 4.78 is 4.93. The molecule has 0 saturated carbocycles. The molecule has 0 spiro atoms. The molecule has 0 aliphatic rings. The van der Waals surface area contributed by atoms with Gasteiger partial charge in [-0.05, 0) is 18.2 Å². The Balaban J connectivity index is 2.84. The van der Waals surface area contributed by atoms with Gasteiger partial charge in [0.05, 0.1) is 24.8 Å². The van der Waals surface area contributed by atoms with Crippen LogP contribution in [-0.2, 0) is 4.74 Å². The molecule has 19 heavy (non-hydrogen) atoms. The van der Waals surface area contributed by atoms with E-state index in [0.29, 0.717) is 25.3 Å². The lowest BCUT2D eigenvalue weighted by Crippen LogP contribution is -2.34. The van der Waals surface area contributed by atoms with E-state index in [9.17, 15) is 9.90 Å². The summed E-state index contributed by atoms with van der Waals surface area (Å²) in [7, 11) is 1.54. The van der Waals surface area contributed by atoms with Crippen molar-refractivity contribution in [1.82, 2.24) is 4.90 Å². The molecule has 6 nitrogen and oxygen atoms in total. The number of hydrogen-bond donors (Lipinski definition) is 2. The molecule has 0 aliphatic carbocycles. The number of phenols is 1. The summed E-state index contributed by atoms with van der Waals surface area (Å²) in [5.74, 6) is -0.388. The summed E-state index contributed by atoms with van der Waals surface area (Å²) in [6.07, 6.45) is 0.246. The second-order valence-electron chi connectivity index (χ2n) is 3.97. The number of hydrogen-bond acceptors (Lipinski definition) is 5. The van der Waals surface area contributed by atoms with Crippen molar-refractivity contribution < 1.29 is 14.6 Å². The lowest BCUT2D eigenvalue weighted by molar-refractivity contribution is 0.0699. The number of rotatable bonds is 6. The molecule has 0 atom stereocenters. The maximum atomic E-state index is 12.2. The van der Waals surface area contributed by atoms with Gasteiger partial charge in [0.25, 0.3) is 5.91 Å². The first kappa shape index (κ1) is 14.8. The Labute approximate surface area is 112 Å². The van der Waals surface area contributed by atoms with E-state index in [-0.39, 0.29) is 23.8 Å². The molecule has 0 saturated heterocycles. The molecular weight excluding hydrogens is 246 g/mol. The predicted molar refractivity (Wildman–Crippen MR) is 70.5 cm³/mol. The van der Waals surface area contributed by atoms with Crippen molar-refractivity contribution in [3.8, 4) is 11.8 Å². The second kappa shape index (κ2) is 7.24. The third kappa shape index (κ3) is 4.16. The predicted octanol–water partition coefficient (Wildman–Crippen LogP) is 0.977. The Morgan fingerprint density at radius 1 is 1.53 bits per heavy atom. The van der Waals surface area contributed by atoms with Gasteiger partial charge in [0.15, 0.2) is 0 Å². The third-order valence-electron chi connectivity index (χ3n) is 2.62. The molecule has 1 rings (SSSR count). The van der Waals surface area contributed by atoms with E-state index in [2.05, 4.69) is 0 Å². The van der Waals surface area contributed by atoms with Crippen molar-refractivity contribution in [3.05, 3.63) is 23.8 Å². The average Bonchev–Trinajstić information content (AvgIpc) is 2.41. The third-order valence-corrected chi connectivity index (χ3v) is 2.62. The van der Waals surface area contributed by atoms with E-state index in [1.807, 2.05) is 6.07 Å². The number of nitriles is 1. The molecular formula is C13H17N3O3. The van der Waals surface area contributed by atoms with Gasteiger partial charge in [0, 0.05) is 25.8 Å². The first-order valence-electron chi connectivity index (χ1n) is 5.83. The molecule has 3 N–H and O–H groups in total. The number of ether oxygens (including phenoxy) is 1. The van der Waals surface area contributed by atoms with Crippen LogP contribution in [0.25, 0.3) is 0 Å². The zero-order chi connectivity index (χ0) is 14.3. The summed E-state index contributed by atoms with van der Waals surface area (Å²) >= 11 is 0. The molecule has 1 aromatic rings. The number of carbonyl (C=O) groups excluding carboxylic acids is 1. The molecule has 0 aromatic heterocycles. The molecule has 0 radical (unpaired) electrons. The summed E-state index contributed by atoms with van der Waals surface area (Å²) in [6.45, 7) is 1.10. The molecule has 0 heterocycles. The molecule has 1 amide bonds. The van der Waals surface area contributed by atoms with Crippen LogP contribution in [0.1, 0.15) is 16.8 Å². The normalized spacial score (nSPS) is 9.89. The van der Waals surface area contributed by atoms with Crippen molar-refractivity contribution in [2.45, 2.75) is 6.42 Å². The highest BCUT2D eigenvalue weighted by atomic mass is 16.5. The first-order valence-corrected chi connectivity index (χ1v) is 5.83. The Hall–Kier alpha value is -2.26. The zero-order valence-electron chi connectivity index (χ0n) is 10.8. The van der Waals surface area contributed by atoms with Crippen LogP contribution < -0.4 is 5.73 Å². The summed E-state index contributed by atoms with van der Waals surface area (Å²) in [5.41, 5.74) is 6.04. The first-order chi connectivity index (χ1) is 9.10. The van der Waals surface area contributed by atoms with Gasteiger partial charge in [-0.1, -0.05) is 0 Å². The highest BCUT2D eigenvalue weighted by Gasteiger charge is 2.16. The van der Waals surface area contributed by atoms with E-state index in [1.54, 1.807) is 13.2 Å². The Bertz CT molecular complexity index is 483. The van der Waals surface area contributed by atoms with Crippen molar-refractivity contribution >= 4 is 11.6 Å². The van der Waals surface area contributed by atoms with E-state index >= 15 is 0 Å². The number of phenolic OH excluding ortho intramolecular Hbond substituents is 1. The fraction of sp³-hybridized carbons (Fsp3) is 0.385. The van der Waals surface area contributed by atoms with Crippen LogP contribution in [0.2, 0.25) is 0 Å². The average molecular weight is 263 g/mol. The van der Waals surface area contributed by atoms with Gasteiger partial charge in [-0.25, -0.2) is 0 Å². The minimum Gasteiger partial charge on any atom is -0.506 e. The smallest absolute Gasteiger partial charge is 0.254 e. The van der Waals surface area contributed by atoms with Gasteiger partial charge < -0.3 is 20.5 Å². The number of nitrogens with zero attached hydrogens (tertiary/aromatic N) is 2. The van der Waals surface area contributed by atoms with E-state index in [4.69, 9.17) is 15.7 Å². The van der Waals surface area contributed by atoms with Gasteiger partial charge in [0.1, 0.15) is 5.75 Å². The van der Waals surface area contributed by atoms with Crippen LogP contribution in [0.5, 0.6) is 5.75 Å². The highest BCUT2D eigenvalue weighted by molar-refractivity contribution is 5.95. The van der Waals surface area contributed by atoms with Crippen molar-refractivity contribution in [2.24, 2.45) is 0 Å². The number of amides is 1. The Morgan fingerprint density at radius 3 is 2.84 bits per heavy atom. The van der Waals surface area contributed by atoms with Crippen LogP contribution in [0.4, 0.5) is 5.69 Å². The number of anilines is 1. The maximum Gasteiger partial charge on any atom is 0.254 e. The monoisotopic (exact) mass is 263 g/mol. The standard InChI is InChI=1S/C13H17N3O3/c1-19-8-7-16(6-2-5-14)13(18)10-3-4-11(15)12(17)9-10/h3-4,9,17H,2,6-8,15H2,1H3. The topological polar surface area (TPSA) is 99.6 Å². The quantitative estimate of drug-likeness (QED) is 0.588. The van der Waals surface area contributed by atoms with Gasteiger partial charge in [-0.15, -0.1) is 0 Å². The summed E-state index contributed by atoms with van der Waals surface area (Å²) in [6, 6.07) is 6.34. The van der Waals surface area contributed by atoms with Crippen LogP contribution in [-0.4, -0.2) is 42.7 Å². The van der Waals surface area contributed by atoms with Crippen LogP contribution in [0.3, 0.4) is 0 Å². The van der Waals surface area contributed by atoms with Crippen molar-refractivity contribution in [3.63, 3.8) is 0 Å². The summed E-state index contributed by atoms with van der Waals surface area (Å²) in [5, 5.41) is 18.1. The number of aromatic hydroxyl groups is 1. The number of methoxy groups -OCH3 is 1. The Kier molecular flexibility index (Phi) is 5.64. The fourth-order valence-electron chi connectivity index (χ4n) is 1.56. The minimum atomic E-state index is -0.261. The van der Waals surface area contributed by atoms with Crippen molar-refractivity contribution in [1.29, 1.82) is 5.26 Å². The number of benzene rings is 1. The van der Waals surface area contributed by atoms with Crippen LogP contribution in [0, 0.1) is 11.3 Å². The molecule has 102 valence electrons. The molecule has 0 unspecified atom stereocenters. The van der Waals surface area contributed by atoms with E-state index in [1.165, 1.54) is 17.0 Å². The lowest BCUT2D eigenvalue weighted by Gasteiger charge is -2.21. The van der Waals surface area contributed by atoms with E-state index < -0.39 is 0 Å². The van der Waals surface area contributed by atoms with Gasteiger partial charge in [0.2, 0.25) is 0 Å². The number of nitrogens with two attached hydrogens (primary N) is 1. The number of carbonyl (C=O) groups is 1. The lowest BCUT2D eigenvalue weighted by atomic mass is 10.1. The maximum absolute atomic E-state index is 12.2. The largest absolute Gasteiger partial charge is 0.506 e. The highest BCUT2D eigenvalue weighted by Crippen LogP contribution is 2.21. The van der Waals surface area contributed by atoms with E-state index in [0.717, 1.165) is 0 Å². The van der Waals surface area contributed by atoms with Crippen LogP contribution in [0.15, 0.2) is 18.2 Å². The van der Waals surface area contributed by atoms with Gasteiger partial charge >= 0.3 is 0 Å².